The number of nitrogens with one attached hydrogen (secondary N) is 1. The number of amides is 1. The summed E-state index contributed by atoms with van der Waals surface area (Å²) in [4.78, 5) is 11.3. The van der Waals surface area contributed by atoms with Crippen molar-refractivity contribution in [1.82, 2.24) is 5.43 Å². The fraction of sp³-hybridized carbons (Fsp3) is 0.111. The molecule has 0 spiro atoms. The number of hydrogen-bond donors (Lipinski definition) is 1. The first-order valence-electron chi connectivity index (χ1n) is 3.77. The van der Waals surface area contributed by atoms with Crippen LogP contribution >= 0.6 is 11.6 Å². The average molecular weight is 197 g/mol. The van der Waals surface area contributed by atoms with Gasteiger partial charge in [0.2, 0.25) is 0 Å². The Morgan fingerprint density at radius 2 is 2.15 bits per heavy atom. The Morgan fingerprint density at radius 3 is 2.77 bits per heavy atom. The Kier molecular flexibility index (Phi) is 3.99. The quantitative estimate of drug-likeness (QED) is 0.446. The number of hydrogen-bond acceptors (Lipinski definition) is 2. The van der Waals surface area contributed by atoms with Crippen LogP contribution in [-0.2, 0) is 0 Å². The first kappa shape index (κ1) is 9.74. The van der Waals surface area contributed by atoms with Gasteiger partial charge in [0, 0.05) is 11.8 Å². The van der Waals surface area contributed by atoms with Gasteiger partial charge < -0.3 is 0 Å². The molecule has 0 saturated carbocycles. The van der Waals surface area contributed by atoms with Gasteiger partial charge >= 0.3 is 0 Å². The van der Waals surface area contributed by atoms with Crippen molar-refractivity contribution >= 4 is 23.7 Å². The minimum absolute atomic E-state index is 0.234. The van der Waals surface area contributed by atoms with E-state index in [9.17, 15) is 4.79 Å². The lowest BCUT2D eigenvalue weighted by molar-refractivity contribution is 0.0955. The maximum absolute atomic E-state index is 11.3. The third-order valence-electron chi connectivity index (χ3n) is 1.36. The highest BCUT2D eigenvalue weighted by Gasteiger charge is 2.00. The summed E-state index contributed by atoms with van der Waals surface area (Å²) in [6, 6.07) is 8.86. The molecule has 0 aliphatic carbocycles. The highest BCUT2D eigenvalue weighted by Crippen LogP contribution is 1.96. The third-order valence-corrected chi connectivity index (χ3v) is 1.50. The van der Waals surface area contributed by atoms with Gasteiger partial charge in [0.25, 0.3) is 5.91 Å². The van der Waals surface area contributed by atoms with E-state index >= 15 is 0 Å². The van der Waals surface area contributed by atoms with Crippen LogP contribution in [0.1, 0.15) is 10.4 Å². The summed E-state index contributed by atoms with van der Waals surface area (Å²) < 4.78 is 0. The van der Waals surface area contributed by atoms with Crippen molar-refractivity contribution in [3.63, 3.8) is 0 Å². The van der Waals surface area contributed by atoms with Crippen molar-refractivity contribution in [2.24, 2.45) is 5.10 Å². The molecule has 0 aliphatic heterocycles. The van der Waals surface area contributed by atoms with Crippen LogP contribution in [0.2, 0.25) is 0 Å². The first-order valence-corrected chi connectivity index (χ1v) is 4.31. The monoisotopic (exact) mass is 196 g/mol. The average Bonchev–Trinajstić information content (AvgIpc) is 2.19. The lowest BCUT2D eigenvalue weighted by atomic mass is 10.2. The van der Waals surface area contributed by atoms with Crippen LogP contribution in [0, 0.1) is 0 Å². The minimum atomic E-state index is -0.234. The van der Waals surface area contributed by atoms with Gasteiger partial charge in [-0.15, -0.1) is 11.6 Å². The number of carbonyl (C=O) groups is 1. The van der Waals surface area contributed by atoms with E-state index < -0.39 is 0 Å². The van der Waals surface area contributed by atoms with Crippen LogP contribution in [0.3, 0.4) is 0 Å². The molecule has 1 aromatic carbocycles. The van der Waals surface area contributed by atoms with Gasteiger partial charge in [-0.05, 0) is 12.1 Å². The van der Waals surface area contributed by atoms with Crippen LogP contribution in [-0.4, -0.2) is 18.0 Å². The molecular weight excluding hydrogens is 188 g/mol. The van der Waals surface area contributed by atoms with Gasteiger partial charge in [-0.2, -0.15) is 5.10 Å². The molecule has 4 heteroatoms. The lowest BCUT2D eigenvalue weighted by Gasteiger charge is -1.97. The molecule has 1 amide bonds. The van der Waals surface area contributed by atoms with Crippen LogP contribution in [0.25, 0.3) is 0 Å². The van der Waals surface area contributed by atoms with Gasteiger partial charge in [0.05, 0.1) is 5.88 Å². The second kappa shape index (κ2) is 5.32. The Morgan fingerprint density at radius 1 is 1.46 bits per heavy atom. The van der Waals surface area contributed by atoms with Crippen LogP contribution in [0.5, 0.6) is 0 Å². The zero-order chi connectivity index (χ0) is 9.52. The number of halogens is 1. The van der Waals surface area contributed by atoms with Crippen molar-refractivity contribution in [1.29, 1.82) is 0 Å². The number of benzene rings is 1. The molecule has 68 valence electrons. The molecule has 0 aliphatic rings. The number of alkyl halides is 1. The molecule has 0 aromatic heterocycles. The van der Waals surface area contributed by atoms with Gasteiger partial charge in [-0.1, -0.05) is 18.2 Å². The molecule has 0 fully saturated rings. The zero-order valence-electron chi connectivity index (χ0n) is 6.90. The molecule has 0 atom stereocenters. The number of carbonyl (C=O) groups excluding carboxylic acids is 1. The smallest absolute Gasteiger partial charge is 0.267 e. The van der Waals surface area contributed by atoms with Crippen molar-refractivity contribution in [2.45, 2.75) is 0 Å². The first-order chi connectivity index (χ1) is 6.34. The molecule has 0 heterocycles. The highest BCUT2D eigenvalue weighted by molar-refractivity contribution is 6.24. The number of hydrazone groups is 1. The van der Waals surface area contributed by atoms with E-state index in [4.69, 9.17) is 11.6 Å². The van der Waals surface area contributed by atoms with E-state index in [-0.39, 0.29) is 11.8 Å². The molecule has 3 nitrogen and oxygen atoms in total. The van der Waals surface area contributed by atoms with Crippen molar-refractivity contribution < 1.29 is 4.79 Å². The largest absolute Gasteiger partial charge is 0.271 e. The molecule has 1 aromatic rings. The Hall–Kier alpha value is -1.35. The third kappa shape index (κ3) is 3.25. The molecule has 1 N–H and O–H groups in total. The molecule has 0 radical (unpaired) electrons. The summed E-state index contributed by atoms with van der Waals surface area (Å²) >= 11 is 5.33. The maximum atomic E-state index is 11.3. The number of rotatable bonds is 3. The summed E-state index contributed by atoms with van der Waals surface area (Å²) in [6.07, 6.45) is 1.42. The van der Waals surface area contributed by atoms with E-state index in [1.165, 1.54) is 6.21 Å². The predicted octanol–water partition coefficient (Wildman–Crippen LogP) is 1.64. The molecule has 0 saturated heterocycles. The Balaban J connectivity index is 2.54. The molecule has 13 heavy (non-hydrogen) atoms. The lowest BCUT2D eigenvalue weighted by Crippen LogP contribution is -2.17. The fourth-order valence-electron chi connectivity index (χ4n) is 0.793. The highest BCUT2D eigenvalue weighted by atomic mass is 35.5. The van der Waals surface area contributed by atoms with E-state index in [0.717, 1.165) is 0 Å². The zero-order valence-corrected chi connectivity index (χ0v) is 7.66. The van der Waals surface area contributed by atoms with E-state index in [0.29, 0.717) is 5.56 Å². The fourth-order valence-corrected chi connectivity index (χ4v) is 0.862. The summed E-state index contributed by atoms with van der Waals surface area (Å²) in [5.74, 6) is 0.0525. The van der Waals surface area contributed by atoms with Crippen molar-refractivity contribution in [2.75, 3.05) is 5.88 Å². The van der Waals surface area contributed by atoms with Crippen LogP contribution in [0.15, 0.2) is 35.4 Å². The molecule has 0 bridgehead atoms. The Labute approximate surface area is 81.4 Å². The van der Waals surface area contributed by atoms with E-state index in [1.807, 2.05) is 6.07 Å². The van der Waals surface area contributed by atoms with E-state index in [1.54, 1.807) is 24.3 Å². The second-order valence-corrected chi connectivity index (χ2v) is 2.58. The van der Waals surface area contributed by atoms with Gasteiger partial charge in [0.15, 0.2) is 0 Å². The summed E-state index contributed by atoms with van der Waals surface area (Å²) in [5.41, 5.74) is 2.92. The van der Waals surface area contributed by atoms with Gasteiger partial charge in [-0.3, -0.25) is 4.79 Å². The second-order valence-electron chi connectivity index (χ2n) is 2.27. The van der Waals surface area contributed by atoms with Crippen molar-refractivity contribution in [3.8, 4) is 0 Å². The number of nitrogens with zero attached hydrogens (tertiary/aromatic N) is 1. The maximum Gasteiger partial charge on any atom is 0.271 e. The summed E-state index contributed by atoms with van der Waals surface area (Å²) in [5, 5.41) is 3.61. The predicted molar refractivity (Wildman–Crippen MR) is 53.1 cm³/mol. The van der Waals surface area contributed by atoms with E-state index in [2.05, 4.69) is 10.5 Å². The van der Waals surface area contributed by atoms with Gasteiger partial charge in [0.1, 0.15) is 0 Å². The summed E-state index contributed by atoms with van der Waals surface area (Å²) in [7, 11) is 0. The normalized spacial score (nSPS) is 10.2. The van der Waals surface area contributed by atoms with Crippen molar-refractivity contribution in [3.05, 3.63) is 35.9 Å². The molecule has 0 unspecified atom stereocenters. The SMILES string of the molecule is O=C(N/N=C/CCl)c1ccccc1. The summed E-state index contributed by atoms with van der Waals surface area (Å²) in [6.45, 7) is 0. The minimum Gasteiger partial charge on any atom is -0.267 e. The van der Waals surface area contributed by atoms with Crippen LogP contribution in [0.4, 0.5) is 0 Å². The molecular formula is C9H9ClN2O. The standard InChI is InChI=1S/C9H9ClN2O/c10-6-7-11-12-9(13)8-4-2-1-3-5-8/h1-5,7H,6H2,(H,12,13)/b11-7+. The van der Waals surface area contributed by atoms with Crippen LogP contribution < -0.4 is 5.43 Å². The topological polar surface area (TPSA) is 41.5 Å². The Bertz CT molecular complexity index is 298. The molecule has 1 rings (SSSR count). The van der Waals surface area contributed by atoms with Gasteiger partial charge in [-0.25, -0.2) is 5.43 Å².